The molecule has 0 spiro atoms. The summed E-state index contributed by atoms with van der Waals surface area (Å²) in [4.78, 5) is 16.2. The second-order valence-corrected chi connectivity index (χ2v) is 5.36. The lowest BCUT2D eigenvalue weighted by Crippen LogP contribution is -2.14. The molecule has 0 saturated carbocycles. The van der Waals surface area contributed by atoms with Gasteiger partial charge in [-0.15, -0.1) is 0 Å². The third-order valence-corrected chi connectivity index (χ3v) is 3.46. The van der Waals surface area contributed by atoms with Crippen molar-refractivity contribution in [1.29, 1.82) is 0 Å². The maximum Gasteiger partial charge on any atom is 0.259 e. The van der Waals surface area contributed by atoms with Gasteiger partial charge in [0.05, 0.1) is 17.4 Å². The molecule has 24 heavy (non-hydrogen) atoms. The van der Waals surface area contributed by atoms with E-state index >= 15 is 0 Å². The van der Waals surface area contributed by atoms with E-state index in [-0.39, 0.29) is 5.56 Å². The molecule has 0 radical (unpaired) electrons. The first kappa shape index (κ1) is 15.7. The first-order valence-corrected chi connectivity index (χ1v) is 7.47. The fourth-order valence-corrected chi connectivity index (χ4v) is 2.17. The predicted octanol–water partition coefficient (Wildman–Crippen LogP) is 4.53. The van der Waals surface area contributed by atoms with Gasteiger partial charge in [-0.3, -0.25) is 4.79 Å². The number of nitrogens with one attached hydrogen (secondary N) is 2. The number of carbonyl (C=O) groups excluding carboxylic acids is 1. The van der Waals surface area contributed by atoms with Gasteiger partial charge < -0.3 is 10.6 Å². The first-order chi connectivity index (χ1) is 11.6. The molecule has 0 fully saturated rings. The van der Waals surface area contributed by atoms with Crippen molar-refractivity contribution in [1.82, 2.24) is 4.98 Å². The number of benzene rings is 2. The Morgan fingerprint density at radius 3 is 2.33 bits per heavy atom. The molecule has 0 unspecified atom stereocenters. The topological polar surface area (TPSA) is 54.0 Å². The summed E-state index contributed by atoms with van der Waals surface area (Å²) in [6.45, 7) is 2.03. The average molecular weight is 321 g/mol. The van der Waals surface area contributed by atoms with Crippen LogP contribution in [0.25, 0.3) is 0 Å². The molecule has 0 bridgehead atoms. The van der Waals surface area contributed by atoms with E-state index in [4.69, 9.17) is 0 Å². The van der Waals surface area contributed by atoms with Crippen molar-refractivity contribution in [2.24, 2.45) is 0 Å². The van der Waals surface area contributed by atoms with Gasteiger partial charge in [0.25, 0.3) is 5.91 Å². The van der Waals surface area contributed by atoms with Gasteiger partial charge in [0.2, 0.25) is 0 Å². The number of nitrogens with zero attached hydrogens (tertiary/aromatic N) is 1. The summed E-state index contributed by atoms with van der Waals surface area (Å²) in [5.74, 6) is -0.731. The summed E-state index contributed by atoms with van der Waals surface area (Å²) < 4.78 is 13.6. The number of anilines is 3. The second-order valence-electron chi connectivity index (χ2n) is 5.36. The number of pyridine rings is 1. The zero-order valence-corrected chi connectivity index (χ0v) is 13.1. The summed E-state index contributed by atoms with van der Waals surface area (Å²) in [6, 6.07) is 17.3. The van der Waals surface area contributed by atoms with Gasteiger partial charge in [-0.2, -0.15) is 0 Å². The highest BCUT2D eigenvalue weighted by Gasteiger charge is 2.11. The molecule has 1 aromatic heterocycles. The SMILES string of the molecule is Cc1ccc(Nc2ccc(NC(=O)c3ccccc3F)nc2)cc1. The number of hydrogen-bond donors (Lipinski definition) is 2. The molecule has 1 heterocycles. The maximum absolute atomic E-state index is 13.6. The summed E-state index contributed by atoms with van der Waals surface area (Å²) in [6.07, 6.45) is 1.61. The molecule has 1 amide bonds. The molecule has 0 aliphatic heterocycles. The lowest BCUT2D eigenvalue weighted by molar-refractivity contribution is 0.102. The van der Waals surface area contributed by atoms with Crippen molar-refractivity contribution in [2.45, 2.75) is 6.92 Å². The van der Waals surface area contributed by atoms with Crippen molar-refractivity contribution >= 4 is 23.1 Å². The monoisotopic (exact) mass is 321 g/mol. The van der Waals surface area contributed by atoms with E-state index in [1.807, 2.05) is 31.2 Å². The molecular weight excluding hydrogens is 305 g/mol. The number of hydrogen-bond acceptors (Lipinski definition) is 3. The van der Waals surface area contributed by atoms with Crippen LogP contribution in [0, 0.1) is 12.7 Å². The molecule has 0 aliphatic rings. The Kier molecular flexibility index (Phi) is 4.52. The smallest absolute Gasteiger partial charge is 0.259 e. The van der Waals surface area contributed by atoms with E-state index in [1.165, 1.54) is 23.8 Å². The van der Waals surface area contributed by atoms with Gasteiger partial charge in [0.1, 0.15) is 11.6 Å². The molecule has 2 aromatic carbocycles. The number of amides is 1. The Morgan fingerprint density at radius 1 is 0.958 bits per heavy atom. The van der Waals surface area contributed by atoms with Gasteiger partial charge in [0, 0.05) is 5.69 Å². The highest BCUT2D eigenvalue weighted by molar-refractivity contribution is 6.03. The minimum atomic E-state index is -0.562. The number of rotatable bonds is 4. The van der Waals surface area contributed by atoms with Crippen LogP contribution < -0.4 is 10.6 Å². The van der Waals surface area contributed by atoms with Crippen molar-refractivity contribution in [3.63, 3.8) is 0 Å². The van der Waals surface area contributed by atoms with Crippen molar-refractivity contribution in [2.75, 3.05) is 10.6 Å². The Hall–Kier alpha value is -3.21. The third kappa shape index (κ3) is 3.76. The molecule has 4 nitrogen and oxygen atoms in total. The van der Waals surface area contributed by atoms with E-state index < -0.39 is 11.7 Å². The largest absolute Gasteiger partial charge is 0.354 e. The molecule has 2 N–H and O–H groups in total. The number of carbonyl (C=O) groups is 1. The quantitative estimate of drug-likeness (QED) is 0.742. The third-order valence-electron chi connectivity index (χ3n) is 3.46. The molecule has 0 saturated heterocycles. The van der Waals surface area contributed by atoms with Crippen molar-refractivity contribution in [3.8, 4) is 0 Å². The van der Waals surface area contributed by atoms with Crippen LogP contribution in [0.3, 0.4) is 0 Å². The van der Waals surface area contributed by atoms with Crippen LogP contribution in [0.15, 0.2) is 66.9 Å². The molecule has 3 rings (SSSR count). The van der Waals surface area contributed by atoms with Crippen LogP contribution in [0.4, 0.5) is 21.6 Å². The summed E-state index contributed by atoms with van der Waals surface area (Å²) in [5, 5.41) is 5.80. The number of halogens is 1. The van der Waals surface area contributed by atoms with Crippen LogP contribution in [0.1, 0.15) is 15.9 Å². The Labute approximate surface area is 139 Å². The van der Waals surface area contributed by atoms with Gasteiger partial charge in [0.15, 0.2) is 0 Å². The molecule has 120 valence electrons. The van der Waals surface area contributed by atoms with Gasteiger partial charge in [-0.1, -0.05) is 29.8 Å². The van der Waals surface area contributed by atoms with Gasteiger partial charge >= 0.3 is 0 Å². The fraction of sp³-hybridized carbons (Fsp3) is 0.0526. The van der Waals surface area contributed by atoms with E-state index in [1.54, 1.807) is 24.4 Å². The van der Waals surface area contributed by atoms with Crippen LogP contribution >= 0.6 is 0 Å². The summed E-state index contributed by atoms with van der Waals surface area (Å²) in [7, 11) is 0. The molecule has 5 heteroatoms. The van der Waals surface area contributed by atoms with E-state index in [2.05, 4.69) is 15.6 Å². The van der Waals surface area contributed by atoms with Crippen LogP contribution in [-0.2, 0) is 0 Å². The molecule has 0 atom stereocenters. The predicted molar refractivity (Wildman–Crippen MR) is 93.1 cm³/mol. The van der Waals surface area contributed by atoms with E-state index in [9.17, 15) is 9.18 Å². The normalized spacial score (nSPS) is 10.2. The van der Waals surface area contributed by atoms with Crippen molar-refractivity contribution < 1.29 is 9.18 Å². The number of aryl methyl sites for hydroxylation is 1. The van der Waals surface area contributed by atoms with Crippen LogP contribution in [-0.4, -0.2) is 10.9 Å². The standard InChI is InChI=1S/C19H16FN3O/c1-13-6-8-14(9-7-13)22-15-10-11-18(21-12-15)23-19(24)16-4-2-3-5-17(16)20/h2-12,22H,1H3,(H,21,23,24). The molecular formula is C19H16FN3O. The average Bonchev–Trinajstić information content (AvgIpc) is 2.59. The molecule has 3 aromatic rings. The lowest BCUT2D eigenvalue weighted by atomic mass is 10.2. The Bertz CT molecular complexity index is 845. The van der Waals surface area contributed by atoms with Crippen LogP contribution in [0.2, 0.25) is 0 Å². The molecule has 0 aliphatic carbocycles. The highest BCUT2D eigenvalue weighted by atomic mass is 19.1. The fourth-order valence-electron chi connectivity index (χ4n) is 2.17. The summed E-state index contributed by atoms with van der Waals surface area (Å²) in [5.41, 5.74) is 2.92. The van der Waals surface area contributed by atoms with Gasteiger partial charge in [-0.25, -0.2) is 9.37 Å². The maximum atomic E-state index is 13.6. The number of aromatic nitrogens is 1. The highest BCUT2D eigenvalue weighted by Crippen LogP contribution is 2.18. The minimum Gasteiger partial charge on any atom is -0.354 e. The zero-order chi connectivity index (χ0) is 16.9. The van der Waals surface area contributed by atoms with Crippen LogP contribution in [0.5, 0.6) is 0 Å². The van der Waals surface area contributed by atoms with Gasteiger partial charge in [-0.05, 0) is 43.3 Å². The Balaban J connectivity index is 1.67. The summed E-state index contributed by atoms with van der Waals surface area (Å²) >= 11 is 0. The van der Waals surface area contributed by atoms with Crippen molar-refractivity contribution in [3.05, 3.63) is 83.8 Å². The lowest BCUT2D eigenvalue weighted by Gasteiger charge is -2.08. The first-order valence-electron chi connectivity index (χ1n) is 7.47. The zero-order valence-electron chi connectivity index (χ0n) is 13.1. The Morgan fingerprint density at radius 2 is 1.67 bits per heavy atom. The van der Waals surface area contributed by atoms with E-state index in [0.717, 1.165) is 11.4 Å². The second kappa shape index (κ2) is 6.91. The minimum absolute atomic E-state index is 0.0128. The van der Waals surface area contributed by atoms with E-state index in [0.29, 0.717) is 5.82 Å².